The van der Waals surface area contributed by atoms with Gasteiger partial charge in [0.05, 0.1) is 22.8 Å². The summed E-state index contributed by atoms with van der Waals surface area (Å²) in [6.45, 7) is 15.5. The highest BCUT2D eigenvalue weighted by atomic mass is 127. The lowest BCUT2D eigenvalue weighted by molar-refractivity contribution is -0.597. The van der Waals surface area contributed by atoms with Gasteiger partial charge in [-0.3, -0.25) is 0 Å². The number of hydrogen-bond donors (Lipinski definition) is 0. The number of unbranched alkanes of at least 4 members (excludes halogenated alkanes) is 3. The monoisotopic (exact) mass is 924 g/mol. The summed E-state index contributed by atoms with van der Waals surface area (Å²) in [6, 6.07) is 30.9. The Labute approximate surface area is 347 Å². The van der Waals surface area contributed by atoms with Crippen molar-refractivity contribution in [2.45, 2.75) is 110 Å². The van der Waals surface area contributed by atoms with Crippen LogP contribution in [0.1, 0.15) is 102 Å². The molecule has 0 bridgehead atoms. The maximum absolute atomic E-state index is 13.7. The van der Waals surface area contributed by atoms with E-state index in [0.29, 0.717) is 12.8 Å². The summed E-state index contributed by atoms with van der Waals surface area (Å²) in [5.74, 6) is 0. The molecule has 0 atom stereocenters. The van der Waals surface area contributed by atoms with Gasteiger partial charge in [-0.15, -0.1) is 0 Å². The molecule has 0 radical (unpaired) electrons. The highest BCUT2D eigenvalue weighted by Gasteiger charge is 2.38. The van der Waals surface area contributed by atoms with Gasteiger partial charge in [-0.1, -0.05) is 171 Å². The van der Waals surface area contributed by atoms with E-state index in [1.165, 1.54) is 36.5 Å². The molecule has 0 heterocycles. The summed E-state index contributed by atoms with van der Waals surface area (Å²) in [4.78, 5) is 0. The fourth-order valence-electron chi connectivity index (χ4n) is 7.17. The number of hydrogen-bond acceptors (Lipinski definition) is 0. The lowest BCUT2D eigenvalue weighted by Crippen LogP contribution is -3.61. The minimum absolute atomic E-state index is 0.0324. The zero-order chi connectivity index (χ0) is 43.2. The van der Waals surface area contributed by atoms with E-state index in [4.69, 9.17) is 0 Å². The van der Waals surface area contributed by atoms with Crippen LogP contribution in [0.4, 0.5) is 39.5 Å². The Morgan fingerprint density at radius 2 is 0.741 bits per heavy atom. The Bertz CT molecular complexity index is 1870. The van der Waals surface area contributed by atoms with Gasteiger partial charge in [0.15, 0.2) is 7.14 Å². The van der Waals surface area contributed by atoms with Gasteiger partial charge in [0, 0.05) is 0 Å². The fourth-order valence-corrected chi connectivity index (χ4v) is 9.33. The Kier molecular flexibility index (Phi) is 15.1. The van der Waals surface area contributed by atoms with Gasteiger partial charge in [0.1, 0.15) is 0 Å². The number of rotatable bonds is 10. The predicted molar refractivity (Wildman–Crippen MR) is 216 cm³/mol. The third kappa shape index (κ3) is 12.4. The van der Waals surface area contributed by atoms with Crippen molar-refractivity contribution in [3.8, 4) is 0 Å². The van der Waals surface area contributed by atoms with E-state index >= 15 is 0 Å². The van der Waals surface area contributed by atoms with E-state index in [9.17, 15) is 39.5 Å². The molecule has 5 rings (SSSR count). The number of halogens is 10. The first-order valence-corrected chi connectivity index (χ1v) is 21.6. The molecule has 0 unspecified atom stereocenters. The maximum Gasteiger partial charge on any atom is 0.416 e. The van der Waals surface area contributed by atoms with E-state index in [0.717, 1.165) is 67.4 Å². The van der Waals surface area contributed by atoms with Crippen LogP contribution in [-0.4, -0.2) is 6.15 Å². The summed E-state index contributed by atoms with van der Waals surface area (Å²) in [7, 11) is 0. The van der Waals surface area contributed by atoms with Crippen molar-refractivity contribution in [1.82, 2.24) is 0 Å². The van der Waals surface area contributed by atoms with E-state index in [2.05, 4.69) is 90.1 Å². The predicted octanol–water partition coefficient (Wildman–Crippen LogP) is 10.2. The molecular weight excluding hydrogens is 873 g/mol. The van der Waals surface area contributed by atoms with Crippen LogP contribution < -0.4 is 37.6 Å². The Morgan fingerprint density at radius 3 is 1.02 bits per heavy atom. The quantitative estimate of drug-likeness (QED) is 0.0567. The van der Waals surface area contributed by atoms with Crippen LogP contribution in [-0.2, 0) is 29.4 Å². The second-order valence-corrected chi connectivity index (χ2v) is 19.9. The van der Waals surface area contributed by atoms with Crippen LogP contribution in [0.25, 0.3) is 0 Å². The van der Waals surface area contributed by atoms with E-state index in [1.807, 2.05) is 6.92 Å². The molecule has 312 valence electrons. The third-order valence-electron chi connectivity index (χ3n) is 10.5. The Balaban J connectivity index is 0.000000299. The molecule has 0 N–H and O–H groups in total. The summed E-state index contributed by atoms with van der Waals surface area (Å²) in [5.41, 5.74) is 0.337. The van der Waals surface area contributed by atoms with Gasteiger partial charge in [-0.25, -0.2) is 0 Å². The standard InChI is InChI=1S/C27H25BF9.C20H26I/c1-2-3-4-5-15-28(22-12-6-9-19(16-22)25(29,30)31,23-13-7-10-20(17-23)26(32,33)34)24-14-8-11-21(18-24)27(35,36)37;1-19(2,3)15-7-11-17(12-8-15)21-18-13-9-16(10-14-18)20(4,5)6/h6-14,16-18H,2-5,15H2,1H3;7-14H,1-6H3/q-1;+1. The first-order chi connectivity index (χ1) is 26.9. The molecule has 0 fully saturated rings. The molecule has 11 heteroatoms. The zero-order valence-electron chi connectivity index (χ0n) is 33.9. The summed E-state index contributed by atoms with van der Waals surface area (Å²) in [6.07, 6.45) is -14.2. The zero-order valence-corrected chi connectivity index (χ0v) is 36.1. The van der Waals surface area contributed by atoms with Crippen molar-refractivity contribution in [1.29, 1.82) is 0 Å². The van der Waals surface area contributed by atoms with Crippen LogP contribution in [0.3, 0.4) is 0 Å². The summed E-state index contributed by atoms with van der Waals surface area (Å²) < 4.78 is 126. The second kappa shape index (κ2) is 18.7. The topological polar surface area (TPSA) is 0 Å². The molecule has 5 aromatic carbocycles. The van der Waals surface area contributed by atoms with E-state index in [1.54, 1.807) is 0 Å². The third-order valence-corrected chi connectivity index (χ3v) is 13.2. The van der Waals surface area contributed by atoms with Crippen LogP contribution in [0.15, 0.2) is 121 Å². The first kappa shape index (κ1) is 46.9. The van der Waals surface area contributed by atoms with Gasteiger partial charge in [0.25, 0.3) is 0 Å². The summed E-state index contributed by atoms with van der Waals surface area (Å²) in [5, 5.41) is 0. The Hall–Kier alpha value is -3.74. The van der Waals surface area contributed by atoms with Crippen molar-refractivity contribution in [2.24, 2.45) is 0 Å². The number of alkyl halides is 9. The van der Waals surface area contributed by atoms with Crippen molar-refractivity contribution in [2.75, 3.05) is 0 Å². The molecule has 0 saturated heterocycles. The lowest BCUT2D eigenvalue weighted by Gasteiger charge is -2.44. The minimum atomic E-state index is -4.75. The van der Waals surface area contributed by atoms with Crippen molar-refractivity contribution in [3.05, 3.63) is 156 Å². The fraction of sp³-hybridized carbons (Fsp3) is 0.362. The molecule has 0 aliphatic rings. The lowest BCUT2D eigenvalue weighted by atomic mass is 9.14. The minimum Gasteiger partial charge on any atom is -0.199 e. The summed E-state index contributed by atoms with van der Waals surface area (Å²) >= 11 is -0.0703. The van der Waals surface area contributed by atoms with Gasteiger partial charge in [-0.05, 0) is 46.2 Å². The normalized spacial score (nSPS) is 12.9. The molecule has 58 heavy (non-hydrogen) atoms. The van der Waals surface area contributed by atoms with Gasteiger partial charge >= 0.3 is 39.7 Å². The van der Waals surface area contributed by atoms with Crippen molar-refractivity contribution >= 4 is 22.5 Å². The maximum atomic E-state index is 13.7. The van der Waals surface area contributed by atoms with Crippen molar-refractivity contribution < 1.29 is 60.7 Å². The molecule has 0 nitrogen and oxygen atoms in total. The van der Waals surface area contributed by atoms with Crippen LogP contribution >= 0.6 is 0 Å². The molecule has 5 aromatic rings. The second-order valence-electron chi connectivity index (χ2n) is 16.9. The SMILES string of the molecule is CC(C)(C)c1ccc([I+]c2ccc(C(C)(C)C)cc2)cc1.CCCCCC[B-](c1cccc(C(F)(F)F)c1)(c1cccc(C(F)(F)F)c1)c1cccc(C(F)(F)F)c1. The van der Waals surface area contributed by atoms with Crippen LogP contribution in [0, 0.1) is 7.14 Å². The largest absolute Gasteiger partial charge is 0.416 e. The average Bonchev–Trinajstić information content (AvgIpc) is 3.14. The number of benzene rings is 5. The smallest absolute Gasteiger partial charge is 0.199 e. The molecule has 0 amide bonds. The average molecular weight is 925 g/mol. The van der Waals surface area contributed by atoms with Gasteiger partial charge < -0.3 is 0 Å². The van der Waals surface area contributed by atoms with Crippen LogP contribution in [0.2, 0.25) is 6.32 Å². The van der Waals surface area contributed by atoms with E-state index in [-0.39, 0.29) is 54.7 Å². The first-order valence-electron chi connectivity index (χ1n) is 19.4. The highest BCUT2D eigenvalue weighted by molar-refractivity contribution is 7.11. The van der Waals surface area contributed by atoms with Crippen LogP contribution in [0.5, 0.6) is 0 Å². The van der Waals surface area contributed by atoms with Gasteiger partial charge in [0.2, 0.25) is 0 Å². The molecular formula is C47H51BF9I. The molecule has 0 aromatic heterocycles. The Morgan fingerprint density at radius 1 is 0.414 bits per heavy atom. The molecule has 0 aliphatic heterocycles. The highest BCUT2D eigenvalue weighted by Crippen LogP contribution is 2.33. The van der Waals surface area contributed by atoms with Crippen molar-refractivity contribution in [3.63, 3.8) is 0 Å². The van der Waals surface area contributed by atoms with Gasteiger partial charge in [-0.2, -0.15) is 62.2 Å². The molecule has 0 saturated carbocycles. The van der Waals surface area contributed by atoms with E-state index < -0.39 is 41.4 Å². The molecule has 0 aliphatic carbocycles. The molecule has 0 spiro atoms.